The lowest BCUT2D eigenvalue weighted by Gasteiger charge is -2.16. The average molecular weight is 251 g/mol. The Morgan fingerprint density at radius 2 is 1.50 bits per heavy atom. The Labute approximate surface area is 113 Å². The van der Waals surface area contributed by atoms with Gasteiger partial charge in [-0.25, -0.2) is 0 Å². The molecule has 1 aliphatic rings. The molecule has 0 saturated carbocycles. The van der Waals surface area contributed by atoms with E-state index in [1.165, 1.54) is 11.1 Å². The van der Waals surface area contributed by atoms with E-state index >= 15 is 0 Å². The van der Waals surface area contributed by atoms with Crippen LogP contribution in [0.4, 0.5) is 5.69 Å². The summed E-state index contributed by atoms with van der Waals surface area (Å²) in [6.45, 7) is 14.0. The van der Waals surface area contributed by atoms with E-state index in [9.17, 15) is 4.79 Å². The van der Waals surface area contributed by atoms with E-state index in [0.717, 1.165) is 12.1 Å². The Kier molecular flexibility index (Phi) is 12.9. The summed E-state index contributed by atoms with van der Waals surface area (Å²) in [5, 5.41) is 2.86. The van der Waals surface area contributed by atoms with Crippen molar-refractivity contribution in [1.29, 1.82) is 0 Å². The summed E-state index contributed by atoms with van der Waals surface area (Å²) in [6, 6.07) is 6.19. The van der Waals surface area contributed by atoms with Gasteiger partial charge in [-0.05, 0) is 30.5 Å². The lowest BCUT2D eigenvalue weighted by Crippen LogP contribution is -2.18. The predicted molar refractivity (Wildman–Crippen MR) is 82.2 cm³/mol. The Morgan fingerprint density at radius 3 is 2.06 bits per heavy atom. The molecular formula is C16H29NO. The van der Waals surface area contributed by atoms with Gasteiger partial charge >= 0.3 is 0 Å². The minimum absolute atomic E-state index is 0.133. The molecule has 2 nitrogen and oxygen atoms in total. The van der Waals surface area contributed by atoms with Crippen molar-refractivity contribution < 1.29 is 4.79 Å². The third-order valence-corrected chi connectivity index (χ3v) is 2.16. The van der Waals surface area contributed by atoms with Gasteiger partial charge in [0.25, 0.3) is 0 Å². The molecule has 2 rings (SSSR count). The van der Waals surface area contributed by atoms with E-state index in [1.807, 2.05) is 54.5 Å². The van der Waals surface area contributed by atoms with Crippen LogP contribution in [-0.2, 0) is 11.2 Å². The van der Waals surface area contributed by atoms with E-state index in [1.54, 1.807) is 0 Å². The van der Waals surface area contributed by atoms with Crippen molar-refractivity contribution in [3.8, 4) is 0 Å². The Hall–Kier alpha value is -1.31. The molecule has 0 unspecified atom stereocenters. The van der Waals surface area contributed by atoms with Crippen LogP contribution >= 0.6 is 0 Å². The largest absolute Gasteiger partial charge is 0.326 e. The number of rotatable bonds is 0. The monoisotopic (exact) mass is 251 g/mol. The first-order valence-corrected chi connectivity index (χ1v) is 7.15. The van der Waals surface area contributed by atoms with Crippen molar-refractivity contribution in [2.24, 2.45) is 0 Å². The lowest BCUT2D eigenvalue weighted by molar-refractivity contribution is -0.116. The van der Waals surface area contributed by atoms with Crippen molar-refractivity contribution in [3.05, 3.63) is 29.3 Å². The highest BCUT2D eigenvalue weighted by molar-refractivity contribution is 5.93. The van der Waals surface area contributed by atoms with Crippen LogP contribution in [0.2, 0.25) is 0 Å². The second-order valence-electron chi connectivity index (χ2n) is 3.21. The summed E-state index contributed by atoms with van der Waals surface area (Å²) in [7, 11) is 0. The fourth-order valence-corrected chi connectivity index (χ4v) is 1.49. The van der Waals surface area contributed by atoms with Crippen LogP contribution in [0.25, 0.3) is 0 Å². The van der Waals surface area contributed by atoms with Gasteiger partial charge in [-0.2, -0.15) is 0 Å². The van der Waals surface area contributed by atoms with Gasteiger partial charge in [-0.15, -0.1) is 0 Å². The number of hydrogen-bond acceptors (Lipinski definition) is 1. The number of nitrogens with one attached hydrogen (secondary N) is 1. The number of aryl methyl sites for hydroxylation is 2. The van der Waals surface area contributed by atoms with E-state index < -0.39 is 0 Å². The van der Waals surface area contributed by atoms with E-state index in [0.29, 0.717) is 6.42 Å². The minimum atomic E-state index is 0.133. The first kappa shape index (κ1) is 19.0. The number of hydrogen-bond donors (Lipinski definition) is 1. The molecule has 0 spiro atoms. The fourth-order valence-electron chi connectivity index (χ4n) is 1.49. The van der Waals surface area contributed by atoms with Crippen molar-refractivity contribution in [1.82, 2.24) is 0 Å². The normalized spacial score (nSPS) is 11.2. The van der Waals surface area contributed by atoms with Gasteiger partial charge in [0.1, 0.15) is 0 Å². The van der Waals surface area contributed by atoms with Crippen molar-refractivity contribution in [2.45, 2.75) is 61.3 Å². The summed E-state index contributed by atoms with van der Waals surface area (Å²) in [6.07, 6.45) is 1.50. The topological polar surface area (TPSA) is 29.1 Å². The van der Waals surface area contributed by atoms with Gasteiger partial charge in [0, 0.05) is 12.1 Å². The molecule has 1 aromatic carbocycles. The smallest absolute Gasteiger partial charge is 0.224 e. The number of fused-ring (bicyclic) bond motifs is 1. The second kappa shape index (κ2) is 12.2. The molecule has 1 aromatic rings. The molecule has 2 heteroatoms. The number of benzene rings is 1. The number of anilines is 1. The maximum Gasteiger partial charge on any atom is 0.224 e. The quantitative estimate of drug-likeness (QED) is 0.694. The van der Waals surface area contributed by atoms with E-state index in [4.69, 9.17) is 0 Å². The standard InChI is InChI=1S/C10H11NO.3C2H6/c1-7-2-3-8-4-5-10(12)11-9(8)6-7;3*1-2/h2-3,6H,4-5H2,1H3,(H,11,12);3*1-2H3. The molecule has 0 atom stereocenters. The zero-order valence-electron chi connectivity index (χ0n) is 13.1. The maximum absolute atomic E-state index is 11.0. The minimum Gasteiger partial charge on any atom is -0.326 e. The Bertz CT molecular complexity index is 332. The van der Waals surface area contributed by atoms with Crippen LogP contribution < -0.4 is 5.32 Å². The summed E-state index contributed by atoms with van der Waals surface area (Å²) in [5.41, 5.74) is 3.43. The van der Waals surface area contributed by atoms with Crippen LogP contribution in [0.3, 0.4) is 0 Å². The Morgan fingerprint density at radius 1 is 0.944 bits per heavy atom. The third-order valence-electron chi connectivity index (χ3n) is 2.16. The SMILES string of the molecule is CC.CC.CC.Cc1ccc2c(c1)NC(=O)CC2. The Balaban J connectivity index is 0. The zero-order chi connectivity index (χ0) is 14.6. The van der Waals surface area contributed by atoms with Crippen molar-refractivity contribution in [2.75, 3.05) is 5.32 Å². The molecule has 18 heavy (non-hydrogen) atoms. The van der Waals surface area contributed by atoms with E-state index in [-0.39, 0.29) is 5.91 Å². The molecule has 1 aliphatic heterocycles. The highest BCUT2D eigenvalue weighted by atomic mass is 16.1. The predicted octanol–water partition coefficient (Wildman–Crippen LogP) is 4.96. The van der Waals surface area contributed by atoms with Crippen molar-refractivity contribution >= 4 is 11.6 Å². The summed E-state index contributed by atoms with van der Waals surface area (Å²) in [4.78, 5) is 11.0. The highest BCUT2D eigenvalue weighted by Crippen LogP contribution is 2.22. The molecule has 1 amide bonds. The van der Waals surface area contributed by atoms with Gasteiger partial charge in [0.15, 0.2) is 0 Å². The van der Waals surface area contributed by atoms with Gasteiger partial charge < -0.3 is 5.32 Å². The number of amides is 1. The van der Waals surface area contributed by atoms with Gasteiger partial charge in [-0.1, -0.05) is 53.7 Å². The second-order valence-corrected chi connectivity index (χ2v) is 3.21. The molecule has 1 N–H and O–H groups in total. The first-order chi connectivity index (χ1) is 8.75. The maximum atomic E-state index is 11.0. The van der Waals surface area contributed by atoms with Gasteiger partial charge in [-0.3, -0.25) is 4.79 Å². The van der Waals surface area contributed by atoms with Crippen LogP contribution in [0, 0.1) is 6.92 Å². The van der Waals surface area contributed by atoms with E-state index in [2.05, 4.69) is 17.4 Å². The first-order valence-electron chi connectivity index (χ1n) is 7.15. The van der Waals surface area contributed by atoms with Crippen LogP contribution in [0.5, 0.6) is 0 Å². The lowest BCUT2D eigenvalue weighted by atomic mass is 10.0. The molecule has 0 bridgehead atoms. The summed E-state index contributed by atoms with van der Waals surface area (Å²) < 4.78 is 0. The molecule has 0 radical (unpaired) electrons. The fraction of sp³-hybridized carbons (Fsp3) is 0.562. The third kappa shape index (κ3) is 6.43. The van der Waals surface area contributed by atoms with Gasteiger partial charge in [0.2, 0.25) is 5.91 Å². The van der Waals surface area contributed by atoms with Crippen molar-refractivity contribution in [3.63, 3.8) is 0 Å². The molecule has 0 saturated heterocycles. The molecule has 0 aromatic heterocycles. The number of carbonyl (C=O) groups excluding carboxylic acids is 1. The summed E-state index contributed by atoms with van der Waals surface area (Å²) in [5.74, 6) is 0.133. The molecule has 104 valence electrons. The van der Waals surface area contributed by atoms with Crippen LogP contribution in [0.15, 0.2) is 18.2 Å². The molecule has 0 aliphatic carbocycles. The van der Waals surface area contributed by atoms with Gasteiger partial charge in [0.05, 0.1) is 0 Å². The zero-order valence-corrected chi connectivity index (χ0v) is 13.1. The summed E-state index contributed by atoms with van der Waals surface area (Å²) >= 11 is 0. The highest BCUT2D eigenvalue weighted by Gasteiger charge is 2.13. The van der Waals surface area contributed by atoms with Crippen LogP contribution in [0.1, 0.15) is 59.1 Å². The molecular weight excluding hydrogens is 222 g/mol. The average Bonchev–Trinajstić information content (AvgIpc) is 2.45. The van der Waals surface area contributed by atoms with Crippen LogP contribution in [-0.4, -0.2) is 5.91 Å². The number of carbonyl (C=O) groups is 1. The molecule has 1 heterocycles. The molecule has 0 fully saturated rings.